The third kappa shape index (κ3) is 4.15. The van der Waals surface area contributed by atoms with Gasteiger partial charge in [-0.3, -0.25) is 9.78 Å². The highest BCUT2D eigenvalue weighted by atomic mass is 19.1. The molecule has 1 heterocycles. The Kier molecular flexibility index (Phi) is 5.25. The molecule has 1 amide bonds. The summed E-state index contributed by atoms with van der Waals surface area (Å²) in [5.74, 6) is -0.529. The summed E-state index contributed by atoms with van der Waals surface area (Å²) in [4.78, 5) is 15.8. The van der Waals surface area contributed by atoms with Gasteiger partial charge >= 0.3 is 0 Å². The Morgan fingerprint density at radius 1 is 1.41 bits per heavy atom. The maximum absolute atomic E-state index is 13.7. The molecule has 0 bridgehead atoms. The first-order valence-electron chi connectivity index (χ1n) is 6.82. The first-order valence-corrected chi connectivity index (χ1v) is 6.82. The highest BCUT2D eigenvalue weighted by molar-refractivity contribution is 5.91. The van der Waals surface area contributed by atoms with Crippen LogP contribution in [0.25, 0.3) is 6.08 Å². The predicted molar refractivity (Wildman–Crippen MR) is 82.8 cm³/mol. The van der Waals surface area contributed by atoms with E-state index in [1.807, 2.05) is 6.07 Å². The second kappa shape index (κ2) is 7.36. The van der Waals surface area contributed by atoms with Crippen LogP contribution < -0.4 is 10.1 Å². The number of carbonyl (C=O) groups is 1. The number of nitrogens with zero attached hydrogens (tertiary/aromatic N) is 1. The average molecular weight is 300 g/mol. The molecule has 5 heteroatoms. The lowest BCUT2D eigenvalue weighted by molar-refractivity contribution is -0.117. The number of carbonyl (C=O) groups excluding carboxylic acids is 1. The molecule has 0 saturated heterocycles. The molecule has 4 nitrogen and oxygen atoms in total. The van der Waals surface area contributed by atoms with Crippen molar-refractivity contribution in [3.63, 3.8) is 0 Å². The molecule has 2 aromatic rings. The van der Waals surface area contributed by atoms with E-state index in [4.69, 9.17) is 4.74 Å². The maximum Gasteiger partial charge on any atom is 0.244 e. The normalized spacial score (nSPS) is 12.1. The maximum atomic E-state index is 13.7. The minimum Gasteiger partial charge on any atom is -0.494 e. The van der Waals surface area contributed by atoms with Gasteiger partial charge in [-0.05, 0) is 42.3 Å². The molecular formula is C17H17FN2O2. The van der Waals surface area contributed by atoms with Gasteiger partial charge in [-0.1, -0.05) is 12.1 Å². The van der Waals surface area contributed by atoms with Crippen LogP contribution in [-0.2, 0) is 4.79 Å². The van der Waals surface area contributed by atoms with Crippen molar-refractivity contribution in [3.8, 4) is 5.75 Å². The molecule has 0 aliphatic rings. The Hall–Kier alpha value is -2.69. The van der Waals surface area contributed by atoms with Gasteiger partial charge in [0, 0.05) is 18.5 Å². The van der Waals surface area contributed by atoms with Crippen molar-refractivity contribution < 1.29 is 13.9 Å². The number of hydrogen-bond acceptors (Lipinski definition) is 3. The Labute approximate surface area is 128 Å². The van der Waals surface area contributed by atoms with Crippen molar-refractivity contribution in [2.75, 3.05) is 7.11 Å². The van der Waals surface area contributed by atoms with E-state index in [1.165, 1.54) is 19.3 Å². The molecule has 1 atom stereocenters. The number of halogens is 1. The van der Waals surface area contributed by atoms with Crippen LogP contribution in [0, 0.1) is 5.82 Å². The Morgan fingerprint density at radius 3 is 2.86 bits per heavy atom. The van der Waals surface area contributed by atoms with Crippen molar-refractivity contribution in [1.29, 1.82) is 0 Å². The molecule has 1 aromatic heterocycles. The van der Waals surface area contributed by atoms with E-state index in [-0.39, 0.29) is 17.7 Å². The average Bonchev–Trinajstić information content (AvgIpc) is 2.53. The third-order valence-electron chi connectivity index (χ3n) is 3.15. The summed E-state index contributed by atoms with van der Waals surface area (Å²) in [6, 6.07) is 7.94. The standard InChI is InChI=1S/C17H17FN2O2/c1-12(14-6-7-16(22-2)15(18)10-14)20-17(21)8-5-13-4-3-9-19-11-13/h3-12H,1-2H3,(H,20,21). The number of nitrogens with one attached hydrogen (secondary N) is 1. The number of pyridine rings is 1. The van der Waals surface area contributed by atoms with Crippen LogP contribution in [0.5, 0.6) is 5.75 Å². The second-order valence-electron chi connectivity index (χ2n) is 4.74. The molecule has 0 radical (unpaired) electrons. The number of benzene rings is 1. The number of ether oxygens (including phenoxy) is 1. The quantitative estimate of drug-likeness (QED) is 0.863. The van der Waals surface area contributed by atoms with Crippen LogP contribution in [0.2, 0.25) is 0 Å². The molecule has 0 spiro atoms. The van der Waals surface area contributed by atoms with Crippen molar-refractivity contribution in [2.45, 2.75) is 13.0 Å². The van der Waals surface area contributed by atoms with Gasteiger partial charge in [0.2, 0.25) is 5.91 Å². The lowest BCUT2D eigenvalue weighted by Crippen LogP contribution is -2.24. The molecule has 0 aliphatic carbocycles. The van der Waals surface area contributed by atoms with Crippen molar-refractivity contribution >= 4 is 12.0 Å². The minimum atomic E-state index is -0.452. The van der Waals surface area contributed by atoms with Gasteiger partial charge in [0.05, 0.1) is 13.2 Å². The van der Waals surface area contributed by atoms with Gasteiger partial charge < -0.3 is 10.1 Å². The SMILES string of the molecule is COc1ccc(C(C)NC(=O)C=Cc2cccnc2)cc1F. The van der Waals surface area contributed by atoms with Gasteiger partial charge in [-0.25, -0.2) is 4.39 Å². The molecule has 1 aromatic carbocycles. The lowest BCUT2D eigenvalue weighted by atomic mass is 10.1. The van der Waals surface area contributed by atoms with E-state index in [1.54, 1.807) is 43.6 Å². The number of amides is 1. The second-order valence-corrected chi connectivity index (χ2v) is 4.74. The molecule has 0 saturated carbocycles. The first kappa shape index (κ1) is 15.7. The van der Waals surface area contributed by atoms with Crippen molar-refractivity contribution in [2.24, 2.45) is 0 Å². The van der Waals surface area contributed by atoms with Crippen LogP contribution in [0.3, 0.4) is 0 Å². The number of methoxy groups -OCH3 is 1. The smallest absolute Gasteiger partial charge is 0.244 e. The molecule has 1 unspecified atom stereocenters. The zero-order valence-electron chi connectivity index (χ0n) is 12.4. The fourth-order valence-corrected chi connectivity index (χ4v) is 1.94. The zero-order valence-corrected chi connectivity index (χ0v) is 12.4. The van der Waals surface area contributed by atoms with Crippen LogP contribution in [-0.4, -0.2) is 18.0 Å². The molecule has 0 aliphatic heterocycles. The topological polar surface area (TPSA) is 51.2 Å². The lowest BCUT2D eigenvalue weighted by Gasteiger charge is -2.14. The summed E-state index contributed by atoms with van der Waals surface area (Å²) >= 11 is 0. The summed E-state index contributed by atoms with van der Waals surface area (Å²) < 4.78 is 18.5. The highest BCUT2D eigenvalue weighted by Gasteiger charge is 2.10. The molecule has 114 valence electrons. The summed E-state index contributed by atoms with van der Waals surface area (Å²) in [5.41, 5.74) is 1.50. The number of aromatic nitrogens is 1. The van der Waals surface area contributed by atoms with E-state index in [2.05, 4.69) is 10.3 Å². The molecule has 1 N–H and O–H groups in total. The highest BCUT2D eigenvalue weighted by Crippen LogP contribution is 2.21. The third-order valence-corrected chi connectivity index (χ3v) is 3.15. The van der Waals surface area contributed by atoms with E-state index in [0.29, 0.717) is 5.56 Å². The molecule has 22 heavy (non-hydrogen) atoms. The monoisotopic (exact) mass is 300 g/mol. The van der Waals surface area contributed by atoms with Gasteiger partial charge in [-0.15, -0.1) is 0 Å². The van der Waals surface area contributed by atoms with Gasteiger partial charge in [0.1, 0.15) is 0 Å². The van der Waals surface area contributed by atoms with Crippen molar-refractivity contribution in [1.82, 2.24) is 10.3 Å². The summed E-state index contributed by atoms with van der Waals surface area (Å²) in [6.07, 6.45) is 6.42. The van der Waals surface area contributed by atoms with E-state index >= 15 is 0 Å². The fourth-order valence-electron chi connectivity index (χ4n) is 1.94. The number of hydrogen-bond donors (Lipinski definition) is 1. The van der Waals surface area contributed by atoms with Gasteiger partial charge in [-0.2, -0.15) is 0 Å². The van der Waals surface area contributed by atoms with Gasteiger partial charge in [0.15, 0.2) is 11.6 Å². The molecule has 2 rings (SSSR count). The Balaban J connectivity index is 1.99. The van der Waals surface area contributed by atoms with Crippen LogP contribution in [0.15, 0.2) is 48.8 Å². The van der Waals surface area contributed by atoms with E-state index < -0.39 is 5.82 Å². The number of rotatable bonds is 5. The minimum absolute atomic E-state index is 0.179. The van der Waals surface area contributed by atoms with E-state index in [0.717, 1.165) is 5.56 Å². The molecule has 0 fully saturated rings. The largest absolute Gasteiger partial charge is 0.494 e. The Morgan fingerprint density at radius 2 is 2.23 bits per heavy atom. The van der Waals surface area contributed by atoms with E-state index in [9.17, 15) is 9.18 Å². The Bertz CT molecular complexity index is 672. The first-order chi connectivity index (χ1) is 10.6. The summed E-state index contributed by atoms with van der Waals surface area (Å²) in [7, 11) is 1.41. The molecular weight excluding hydrogens is 283 g/mol. The summed E-state index contributed by atoms with van der Waals surface area (Å²) in [5, 5.41) is 2.78. The fraction of sp³-hybridized carbons (Fsp3) is 0.176. The summed E-state index contributed by atoms with van der Waals surface area (Å²) in [6.45, 7) is 1.79. The zero-order chi connectivity index (χ0) is 15.9. The van der Waals surface area contributed by atoms with Gasteiger partial charge in [0.25, 0.3) is 0 Å². The van der Waals surface area contributed by atoms with Crippen LogP contribution in [0.1, 0.15) is 24.1 Å². The van der Waals surface area contributed by atoms with Crippen molar-refractivity contribution in [3.05, 3.63) is 65.7 Å². The predicted octanol–water partition coefficient (Wildman–Crippen LogP) is 3.12. The van der Waals surface area contributed by atoms with Crippen LogP contribution >= 0.6 is 0 Å². The van der Waals surface area contributed by atoms with Crippen LogP contribution in [0.4, 0.5) is 4.39 Å².